The first-order valence-electron chi connectivity index (χ1n) is 6.56. The van der Waals surface area contributed by atoms with Gasteiger partial charge in [0.1, 0.15) is 5.03 Å². The number of halogens is 3. The maximum absolute atomic E-state index is 12.5. The van der Waals surface area contributed by atoms with Gasteiger partial charge in [0.25, 0.3) is 11.7 Å². The summed E-state index contributed by atoms with van der Waals surface area (Å²) in [7, 11) is 0. The van der Waals surface area contributed by atoms with Crippen LogP contribution in [-0.2, 0) is 5.75 Å². The first kappa shape index (κ1) is 18.7. The molecule has 0 unspecified atom stereocenters. The topological polar surface area (TPSA) is 42.0 Å². The Labute approximate surface area is 153 Å². The van der Waals surface area contributed by atoms with Crippen LogP contribution in [0.4, 0.5) is 8.78 Å². The Kier molecular flexibility index (Phi) is 7.81. The normalized spacial score (nSPS) is 11.0. The molecule has 0 spiro atoms. The number of thiophene rings is 1. The van der Waals surface area contributed by atoms with Gasteiger partial charge in [0.05, 0.1) is 9.35 Å². The Morgan fingerprint density at radius 1 is 1.39 bits per heavy atom. The number of pyridine rings is 1. The molecule has 1 amide bonds. The maximum Gasteiger partial charge on any atom is 0.290 e. The minimum absolute atomic E-state index is 0.0519. The van der Waals surface area contributed by atoms with Crippen LogP contribution in [0.25, 0.3) is 0 Å². The third-order valence-corrected chi connectivity index (χ3v) is 6.16. The van der Waals surface area contributed by atoms with E-state index in [-0.39, 0.29) is 28.3 Å². The molecule has 0 aliphatic heterocycles. The highest BCUT2D eigenvalue weighted by atomic mass is 79.9. The molecule has 0 atom stereocenters. The minimum Gasteiger partial charge on any atom is -0.351 e. The van der Waals surface area contributed by atoms with Crippen LogP contribution >= 0.6 is 50.8 Å². The standard InChI is InChI=1S/C14H13BrF2N2OS3/c15-11-4-3-9(22-11)8-21-7-6-18-12(20)10-2-1-5-19-13(10)23-14(16)17/h1-5,14H,6-8H2,(H,18,20). The van der Waals surface area contributed by atoms with E-state index in [1.54, 1.807) is 29.2 Å². The molecule has 2 aromatic heterocycles. The fraction of sp³-hybridized carbons (Fsp3) is 0.286. The lowest BCUT2D eigenvalue weighted by Gasteiger charge is -2.08. The molecule has 23 heavy (non-hydrogen) atoms. The predicted molar refractivity (Wildman–Crippen MR) is 96.6 cm³/mol. The second kappa shape index (κ2) is 9.61. The molecule has 0 radical (unpaired) electrons. The lowest BCUT2D eigenvalue weighted by atomic mass is 10.3. The van der Waals surface area contributed by atoms with Gasteiger partial charge in [0.15, 0.2) is 0 Å². The molecule has 124 valence electrons. The number of carbonyl (C=O) groups is 1. The van der Waals surface area contributed by atoms with Gasteiger partial charge in [-0.1, -0.05) is 0 Å². The summed E-state index contributed by atoms with van der Waals surface area (Å²) in [5.41, 5.74) is 0.185. The first-order valence-corrected chi connectivity index (χ1v) is 10.2. The van der Waals surface area contributed by atoms with Crippen molar-refractivity contribution in [2.24, 2.45) is 0 Å². The quantitative estimate of drug-likeness (QED) is 0.470. The number of nitrogens with zero attached hydrogens (tertiary/aromatic N) is 1. The van der Waals surface area contributed by atoms with Gasteiger partial charge in [0, 0.05) is 29.1 Å². The summed E-state index contributed by atoms with van der Waals surface area (Å²) in [5, 5.41) is 2.79. The predicted octanol–water partition coefficient (Wildman–Crippen LogP) is 4.88. The lowest BCUT2D eigenvalue weighted by Crippen LogP contribution is -2.26. The number of thioether (sulfide) groups is 2. The van der Waals surface area contributed by atoms with E-state index in [1.807, 2.05) is 6.07 Å². The van der Waals surface area contributed by atoms with Crippen molar-refractivity contribution in [1.29, 1.82) is 0 Å². The second-order valence-corrected chi connectivity index (χ2v) is 8.88. The summed E-state index contributed by atoms with van der Waals surface area (Å²) in [4.78, 5) is 17.2. The van der Waals surface area contributed by atoms with Crippen molar-refractivity contribution in [2.45, 2.75) is 16.5 Å². The van der Waals surface area contributed by atoms with Gasteiger partial charge in [0.2, 0.25) is 0 Å². The van der Waals surface area contributed by atoms with Crippen LogP contribution in [0.1, 0.15) is 15.2 Å². The second-order valence-electron chi connectivity index (χ2n) is 4.25. The molecule has 0 saturated carbocycles. The summed E-state index contributed by atoms with van der Waals surface area (Å²) >= 11 is 7.09. The van der Waals surface area contributed by atoms with E-state index < -0.39 is 5.76 Å². The molecule has 0 aliphatic carbocycles. The van der Waals surface area contributed by atoms with Gasteiger partial charge in [-0.05, 0) is 52.0 Å². The van der Waals surface area contributed by atoms with E-state index in [2.05, 4.69) is 32.3 Å². The SMILES string of the molecule is O=C(NCCSCc1ccc(Br)s1)c1cccnc1SC(F)F. The zero-order valence-corrected chi connectivity index (χ0v) is 15.8. The number of aromatic nitrogens is 1. The van der Waals surface area contributed by atoms with Crippen molar-refractivity contribution >= 4 is 56.7 Å². The number of nitrogens with one attached hydrogen (secondary N) is 1. The Morgan fingerprint density at radius 3 is 2.91 bits per heavy atom. The Balaban J connectivity index is 1.76. The third-order valence-electron chi connectivity index (χ3n) is 2.62. The molecule has 3 nitrogen and oxygen atoms in total. The average Bonchev–Trinajstić information content (AvgIpc) is 2.92. The van der Waals surface area contributed by atoms with Crippen LogP contribution in [0.15, 0.2) is 39.3 Å². The largest absolute Gasteiger partial charge is 0.351 e. The Hall–Kier alpha value is -0.640. The van der Waals surface area contributed by atoms with Crippen LogP contribution in [0, 0.1) is 0 Å². The van der Waals surface area contributed by atoms with Gasteiger partial charge in [-0.15, -0.1) is 11.3 Å². The zero-order chi connectivity index (χ0) is 16.7. The van der Waals surface area contributed by atoms with Gasteiger partial charge in [-0.2, -0.15) is 20.5 Å². The van der Waals surface area contributed by atoms with Gasteiger partial charge < -0.3 is 5.32 Å². The van der Waals surface area contributed by atoms with Gasteiger partial charge in [-0.25, -0.2) is 4.98 Å². The average molecular weight is 439 g/mol. The molecule has 9 heteroatoms. The van der Waals surface area contributed by atoms with Crippen molar-refractivity contribution in [3.05, 3.63) is 44.7 Å². The van der Waals surface area contributed by atoms with Gasteiger partial charge >= 0.3 is 0 Å². The van der Waals surface area contributed by atoms with Crippen LogP contribution in [0.2, 0.25) is 0 Å². The molecular weight excluding hydrogens is 426 g/mol. The summed E-state index contributed by atoms with van der Waals surface area (Å²) < 4.78 is 26.0. The molecule has 1 N–H and O–H groups in total. The van der Waals surface area contributed by atoms with Crippen LogP contribution in [0.5, 0.6) is 0 Å². The number of rotatable bonds is 8. The summed E-state index contributed by atoms with van der Waals surface area (Å²) in [6.07, 6.45) is 1.40. The smallest absolute Gasteiger partial charge is 0.290 e. The fourth-order valence-electron chi connectivity index (χ4n) is 1.68. The van der Waals surface area contributed by atoms with Crippen molar-refractivity contribution in [3.63, 3.8) is 0 Å². The number of hydrogen-bond acceptors (Lipinski definition) is 5. The lowest BCUT2D eigenvalue weighted by molar-refractivity contribution is 0.0952. The third kappa shape index (κ3) is 6.40. The van der Waals surface area contributed by atoms with Crippen molar-refractivity contribution < 1.29 is 13.6 Å². The summed E-state index contributed by atoms with van der Waals surface area (Å²) in [5.74, 6) is -1.34. The highest BCUT2D eigenvalue weighted by molar-refractivity contribution is 9.11. The van der Waals surface area contributed by atoms with E-state index in [1.165, 1.54) is 17.1 Å². The molecule has 2 heterocycles. The van der Waals surface area contributed by atoms with Crippen LogP contribution in [-0.4, -0.2) is 28.9 Å². The molecule has 2 aromatic rings. The van der Waals surface area contributed by atoms with Crippen molar-refractivity contribution in [2.75, 3.05) is 12.3 Å². The highest BCUT2D eigenvalue weighted by Gasteiger charge is 2.16. The Bertz CT molecular complexity index is 654. The van der Waals surface area contributed by atoms with E-state index in [0.717, 1.165) is 15.3 Å². The molecule has 0 fully saturated rings. The molecule has 0 aliphatic rings. The molecule has 0 saturated heterocycles. The van der Waals surface area contributed by atoms with Crippen molar-refractivity contribution in [1.82, 2.24) is 10.3 Å². The maximum atomic E-state index is 12.5. The number of amides is 1. The number of carbonyl (C=O) groups excluding carboxylic acids is 1. The van der Waals surface area contributed by atoms with E-state index >= 15 is 0 Å². The van der Waals surface area contributed by atoms with E-state index in [9.17, 15) is 13.6 Å². The van der Waals surface area contributed by atoms with Gasteiger partial charge in [-0.3, -0.25) is 4.79 Å². The number of alkyl halides is 2. The first-order chi connectivity index (χ1) is 11.1. The summed E-state index contributed by atoms with van der Waals surface area (Å²) in [6.45, 7) is 0.476. The number of hydrogen-bond donors (Lipinski definition) is 1. The van der Waals surface area contributed by atoms with Crippen LogP contribution < -0.4 is 5.32 Å². The molecule has 2 rings (SSSR count). The minimum atomic E-state index is -2.60. The zero-order valence-electron chi connectivity index (χ0n) is 11.8. The Morgan fingerprint density at radius 2 is 2.22 bits per heavy atom. The van der Waals surface area contributed by atoms with E-state index in [0.29, 0.717) is 6.54 Å². The van der Waals surface area contributed by atoms with E-state index in [4.69, 9.17) is 0 Å². The summed E-state index contributed by atoms with van der Waals surface area (Å²) in [6, 6.07) is 7.13. The molecule has 0 aromatic carbocycles. The highest BCUT2D eigenvalue weighted by Crippen LogP contribution is 2.27. The monoisotopic (exact) mass is 438 g/mol. The van der Waals surface area contributed by atoms with Crippen molar-refractivity contribution in [3.8, 4) is 0 Å². The molecular formula is C14H13BrF2N2OS3. The fourth-order valence-corrected chi connectivity index (χ4v) is 4.71. The molecule has 0 bridgehead atoms. The van der Waals surface area contributed by atoms with Crippen LogP contribution in [0.3, 0.4) is 0 Å².